The van der Waals surface area contributed by atoms with Crippen molar-refractivity contribution in [3.8, 4) is 5.75 Å². The van der Waals surface area contributed by atoms with Crippen LogP contribution in [0.4, 0.5) is 17.2 Å². The standard InChI is InChI=1S/C27H33N5O2/c1-30(2)24-11-8-21(9-12-24)20-31-14-5-15-32(17-16-31)26-13-10-23(19-28-26)29-27(33)22-6-4-7-25(18-22)34-3/h4,6-13,18-19H,5,14-17,20H2,1-3H3,(H,29,33). The van der Waals surface area contributed by atoms with E-state index in [0.717, 1.165) is 45.0 Å². The van der Waals surface area contributed by atoms with Crippen molar-refractivity contribution in [3.63, 3.8) is 0 Å². The minimum atomic E-state index is -0.183. The molecule has 0 aliphatic carbocycles. The highest BCUT2D eigenvalue weighted by Gasteiger charge is 2.17. The molecule has 0 saturated carbocycles. The maximum Gasteiger partial charge on any atom is 0.255 e. The van der Waals surface area contributed by atoms with Crippen molar-refractivity contribution in [1.82, 2.24) is 9.88 Å². The minimum absolute atomic E-state index is 0.183. The second-order valence-electron chi connectivity index (χ2n) is 8.77. The Hall–Kier alpha value is -3.58. The van der Waals surface area contributed by atoms with Gasteiger partial charge in [-0.05, 0) is 54.4 Å². The molecule has 0 atom stereocenters. The van der Waals surface area contributed by atoms with E-state index in [4.69, 9.17) is 4.74 Å². The Bertz CT molecular complexity index is 1080. The highest BCUT2D eigenvalue weighted by atomic mass is 16.5. The molecular weight excluding hydrogens is 426 g/mol. The smallest absolute Gasteiger partial charge is 0.255 e. The lowest BCUT2D eigenvalue weighted by molar-refractivity contribution is 0.102. The summed E-state index contributed by atoms with van der Waals surface area (Å²) in [6, 6.07) is 19.8. The second kappa shape index (κ2) is 11.0. The molecule has 1 saturated heterocycles. The number of amides is 1. The average molecular weight is 460 g/mol. The number of benzene rings is 2. The molecule has 3 aromatic rings. The van der Waals surface area contributed by atoms with Crippen LogP contribution in [0, 0.1) is 0 Å². The number of aromatic nitrogens is 1. The van der Waals surface area contributed by atoms with Crippen LogP contribution in [0.3, 0.4) is 0 Å². The first kappa shape index (κ1) is 23.6. The van der Waals surface area contributed by atoms with Crippen molar-refractivity contribution >= 4 is 23.1 Å². The number of rotatable bonds is 7. The number of hydrogen-bond acceptors (Lipinski definition) is 6. The number of nitrogens with zero attached hydrogens (tertiary/aromatic N) is 4. The third-order valence-electron chi connectivity index (χ3n) is 6.11. The van der Waals surface area contributed by atoms with Crippen molar-refractivity contribution in [3.05, 3.63) is 78.0 Å². The molecule has 2 aromatic carbocycles. The SMILES string of the molecule is COc1cccc(C(=O)Nc2ccc(N3CCCN(Cc4ccc(N(C)C)cc4)CC3)nc2)c1. The van der Waals surface area contributed by atoms with Gasteiger partial charge in [0.25, 0.3) is 5.91 Å². The van der Waals surface area contributed by atoms with Gasteiger partial charge in [0.15, 0.2) is 0 Å². The highest BCUT2D eigenvalue weighted by Crippen LogP contribution is 2.20. The molecule has 1 fully saturated rings. The first-order chi connectivity index (χ1) is 16.5. The molecule has 1 aromatic heterocycles. The van der Waals surface area contributed by atoms with Crippen LogP contribution in [0.2, 0.25) is 0 Å². The summed E-state index contributed by atoms with van der Waals surface area (Å²) in [5.41, 5.74) is 3.79. The van der Waals surface area contributed by atoms with Crippen LogP contribution < -0.4 is 19.9 Å². The molecule has 0 spiro atoms. The van der Waals surface area contributed by atoms with E-state index in [-0.39, 0.29) is 5.91 Å². The average Bonchev–Trinajstić information content (AvgIpc) is 3.10. The van der Waals surface area contributed by atoms with E-state index in [1.165, 1.54) is 11.3 Å². The van der Waals surface area contributed by atoms with Gasteiger partial charge >= 0.3 is 0 Å². The predicted octanol–water partition coefficient (Wildman–Crippen LogP) is 4.12. The summed E-state index contributed by atoms with van der Waals surface area (Å²) in [6.07, 6.45) is 2.81. The third-order valence-corrected chi connectivity index (χ3v) is 6.11. The van der Waals surface area contributed by atoms with E-state index in [9.17, 15) is 4.79 Å². The Morgan fingerprint density at radius 1 is 1.03 bits per heavy atom. The second-order valence-corrected chi connectivity index (χ2v) is 8.77. The summed E-state index contributed by atoms with van der Waals surface area (Å²) in [4.78, 5) is 24.1. The molecular formula is C27H33N5O2. The molecule has 0 unspecified atom stereocenters. The highest BCUT2D eigenvalue weighted by molar-refractivity contribution is 6.04. The first-order valence-electron chi connectivity index (χ1n) is 11.7. The van der Waals surface area contributed by atoms with Gasteiger partial charge < -0.3 is 19.9 Å². The number of ether oxygens (including phenoxy) is 1. The van der Waals surface area contributed by atoms with Gasteiger partial charge in [-0.3, -0.25) is 9.69 Å². The zero-order chi connectivity index (χ0) is 23.9. The van der Waals surface area contributed by atoms with Gasteiger partial charge in [-0.2, -0.15) is 0 Å². The van der Waals surface area contributed by atoms with Gasteiger partial charge in [0, 0.05) is 58.1 Å². The maximum atomic E-state index is 12.5. The van der Waals surface area contributed by atoms with Crippen molar-refractivity contribution in [2.45, 2.75) is 13.0 Å². The summed E-state index contributed by atoms with van der Waals surface area (Å²) < 4.78 is 5.20. The summed E-state index contributed by atoms with van der Waals surface area (Å²) in [5, 5.41) is 2.91. The summed E-state index contributed by atoms with van der Waals surface area (Å²) in [6.45, 7) is 4.92. The van der Waals surface area contributed by atoms with Crippen LogP contribution in [-0.2, 0) is 6.54 Å². The van der Waals surface area contributed by atoms with E-state index in [1.807, 2.05) is 18.2 Å². The molecule has 178 valence electrons. The maximum absolute atomic E-state index is 12.5. The van der Waals surface area contributed by atoms with Gasteiger partial charge in [-0.15, -0.1) is 0 Å². The normalized spacial score (nSPS) is 14.4. The Balaban J connectivity index is 1.31. The van der Waals surface area contributed by atoms with Crippen LogP contribution in [-0.4, -0.2) is 63.2 Å². The minimum Gasteiger partial charge on any atom is -0.497 e. The number of hydrogen-bond donors (Lipinski definition) is 1. The lowest BCUT2D eigenvalue weighted by atomic mass is 10.2. The Kier molecular flexibility index (Phi) is 7.65. The number of carbonyl (C=O) groups is 1. The molecule has 1 amide bonds. The number of pyridine rings is 1. The van der Waals surface area contributed by atoms with E-state index < -0.39 is 0 Å². The summed E-state index contributed by atoms with van der Waals surface area (Å²) >= 11 is 0. The van der Waals surface area contributed by atoms with Crippen molar-refractivity contribution < 1.29 is 9.53 Å². The first-order valence-corrected chi connectivity index (χ1v) is 11.7. The molecule has 1 aliphatic heterocycles. The quantitative estimate of drug-likeness (QED) is 0.574. The van der Waals surface area contributed by atoms with Gasteiger partial charge in [0.1, 0.15) is 11.6 Å². The molecule has 4 rings (SSSR count). The van der Waals surface area contributed by atoms with Gasteiger partial charge in [-0.1, -0.05) is 18.2 Å². The number of methoxy groups -OCH3 is 1. The lowest BCUT2D eigenvalue weighted by Crippen LogP contribution is -2.31. The molecule has 7 nitrogen and oxygen atoms in total. The third kappa shape index (κ3) is 6.05. The van der Waals surface area contributed by atoms with E-state index in [0.29, 0.717) is 17.0 Å². The largest absolute Gasteiger partial charge is 0.497 e. The zero-order valence-corrected chi connectivity index (χ0v) is 20.2. The topological polar surface area (TPSA) is 60.9 Å². The van der Waals surface area contributed by atoms with Crippen LogP contribution in [0.1, 0.15) is 22.3 Å². The zero-order valence-electron chi connectivity index (χ0n) is 20.2. The van der Waals surface area contributed by atoms with Gasteiger partial charge in [0.05, 0.1) is 19.0 Å². The number of nitrogens with one attached hydrogen (secondary N) is 1. The Morgan fingerprint density at radius 3 is 2.56 bits per heavy atom. The molecule has 7 heteroatoms. The molecule has 2 heterocycles. The molecule has 1 aliphatic rings. The molecule has 0 bridgehead atoms. The summed E-state index contributed by atoms with van der Waals surface area (Å²) in [5.74, 6) is 1.41. The number of carbonyl (C=O) groups excluding carboxylic acids is 1. The van der Waals surface area contributed by atoms with Crippen molar-refractivity contribution in [2.24, 2.45) is 0 Å². The lowest BCUT2D eigenvalue weighted by Gasteiger charge is -2.23. The van der Waals surface area contributed by atoms with E-state index in [1.54, 1.807) is 31.5 Å². The fraction of sp³-hybridized carbons (Fsp3) is 0.333. The fourth-order valence-electron chi connectivity index (χ4n) is 4.13. The predicted molar refractivity (Wildman–Crippen MR) is 138 cm³/mol. The van der Waals surface area contributed by atoms with Crippen LogP contribution in [0.25, 0.3) is 0 Å². The Labute approximate surface area is 202 Å². The molecule has 34 heavy (non-hydrogen) atoms. The summed E-state index contributed by atoms with van der Waals surface area (Å²) in [7, 11) is 5.71. The fourth-order valence-corrected chi connectivity index (χ4v) is 4.13. The van der Waals surface area contributed by atoms with Crippen LogP contribution in [0.15, 0.2) is 66.9 Å². The number of anilines is 3. The van der Waals surface area contributed by atoms with Crippen molar-refractivity contribution in [1.29, 1.82) is 0 Å². The van der Waals surface area contributed by atoms with E-state index >= 15 is 0 Å². The Morgan fingerprint density at radius 2 is 1.85 bits per heavy atom. The van der Waals surface area contributed by atoms with Crippen LogP contribution in [0.5, 0.6) is 5.75 Å². The van der Waals surface area contributed by atoms with Gasteiger partial charge in [0.2, 0.25) is 0 Å². The van der Waals surface area contributed by atoms with Gasteiger partial charge in [-0.25, -0.2) is 4.98 Å². The molecule has 0 radical (unpaired) electrons. The van der Waals surface area contributed by atoms with Crippen LogP contribution >= 0.6 is 0 Å². The van der Waals surface area contributed by atoms with E-state index in [2.05, 4.69) is 63.4 Å². The monoisotopic (exact) mass is 459 g/mol. The molecule has 1 N–H and O–H groups in total. The van der Waals surface area contributed by atoms with Crippen molar-refractivity contribution in [2.75, 3.05) is 62.5 Å².